The first-order valence-corrected chi connectivity index (χ1v) is 7.73. The zero-order chi connectivity index (χ0) is 12.3. The van der Waals surface area contributed by atoms with Crippen molar-refractivity contribution in [2.75, 3.05) is 13.1 Å². The summed E-state index contributed by atoms with van der Waals surface area (Å²) in [6, 6.07) is 0.390. The van der Waals surface area contributed by atoms with Crippen molar-refractivity contribution in [2.24, 2.45) is 11.7 Å². The third-order valence-corrected chi connectivity index (χ3v) is 5.46. The van der Waals surface area contributed by atoms with Crippen LogP contribution in [0.25, 0.3) is 0 Å². The van der Waals surface area contributed by atoms with Gasteiger partial charge in [-0.2, -0.15) is 0 Å². The van der Waals surface area contributed by atoms with E-state index in [1.54, 1.807) is 0 Å². The lowest BCUT2D eigenvalue weighted by Gasteiger charge is -2.47. The Morgan fingerprint density at radius 3 is 2.12 bits per heavy atom. The lowest BCUT2D eigenvalue weighted by atomic mass is 9.73. The number of hydrogen-bond donors (Lipinski definition) is 1. The van der Waals surface area contributed by atoms with Crippen molar-refractivity contribution in [1.29, 1.82) is 0 Å². The van der Waals surface area contributed by atoms with Gasteiger partial charge in [0.1, 0.15) is 0 Å². The molecule has 0 aromatic carbocycles. The zero-order valence-electron chi connectivity index (χ0n) is 11.8. The summed E-state index contributed by atoms with van der Waals surface area (Å²) in [6.07, 6.45) is 10.7. The quantitative estimate of drug-likeness (QED) is 0.770. The second kappa shape index (κ2) is 5.71. The van der Waals surface area contributed by atoms with Crippen molar-refractivity contribution >= 4 is 0 Å². The first-order chi connectivity index (χ1) is 8.23. The summed E-state index contributed by atoms with van der Waals surface area (Å²) in [5.41, 5.74) is 6.92. The largest absolute Gasteiger partial charge is 0.326 e. The van der Waals surface area contributed by atoms with Crippen LogP contribution in [0.2, 0.25) is 0 Å². The molecule has 0 bridgehead atoms. The van der Waals surface area contributed by atoms with Gasteiger partial charge in [0.05, 0.1) is 0 Å². The van der Waals surface area contributed by atoms with Gasteiger partial charge >= 0.3 is 0 Å². The molecule has 1 atom stereocenters. The summed E-state index contributed by atoms with van der Waals surface area (Å²) in [5.74, 6) is 0.935. The van der Waals surface area contributed by atoms with Crippen molar-refractivity contribution in [3.63, 3.8) is 0 Å². The van der Waals surface area contributed by atoms with Gasteiger partial charge in [0.25, 0.3) is 0 Å². The standard InChI is InChI=1S/C15H30N2/c1-3-15(4-2,17-10-5-6-11-17)14(16)12-13-8-7-9-13/h13-14H,3-12,16H2,1-2H3. The van der Waals surface area contributed by atoms with Crippen LogP contribution in [0.15, 0.2) is 0 Å². The molecule has 1 saturated carbocycles. The first-order valence-electron chi connectivity index (χ1n) is 7.73. The van der Waals surface area contributed by atoms with Crippen LogP contribution >= 0.6 is 0 Å². The van der Waals surface area contributed by atoms with E-state index >= 15 is 0 Å². The third-order valence-electron chi connectivity index (χ3n) is 5.46. The van der Waals surface area contributed by atoms with E-state index in [1.165, 1.54) is 64.5 Å². The molecule has 2 rings (SSSR count). The van der Waals surface area contributed by atoms with Crippen molar-refractivity contribution in [1.82, 2.24) is 4.90 Å². The Hall–Kier alpha value is -0.0800. The molecule has 1 unspecified atom stereocenters. The van der Waals surface area contributed by atoms with E-state index in [0.717, 1.165) is 5.92 Å². The molecule has 0 spiro atoms. The minimum atomic E-state index is 0.298. The monoisotopic (exact) mass is 238 g/mol. The summed E-state index contributed by atoms with van der Waals surface area (Å²) in [7, 11) is 0. The normalized spacial score (nSPS) is 24.9. The average molecular weight is 238 g/mol. The first kappa shape index (κ1) is 13.4. The number of hydrogen-bond acceptors (Lipinski definition) is 2. The van der Waals surface area contributed by atoms with E-state index in [1.807, 2.05) is 0 Å². The molecule has 2 aliphatic rings. The van der Waals surface area contributed by atoms with Gasteiger partial charge in [-0.3, -0.25) is 4.90 Å². The van der Waals surface area contributed by atoms with E-state index < -0.39 is 0 Å². The Kier molecular flexibility index (Phi) is 4.48. The maximum absolute atomic E-state index is 6.62. The van der Waals surface area contributed by atoms with Crippen LogP contribution < -0.4 is 5.73 Å². The zero-order valence-corrected chi connectivity index (χ0v) is 11.8. The van der Waals surface area contributed by atoms with Crippen LogP contribution in [0.5, 0.6) is 0 Å². The highest BCUT2D eigenvalue weighted by atomic mass is 15.2. The number of nitrogens with zero attached hydrogens (tertiary/aromatic N) is 1. The molecule has 1 saturated heterocycles. The number of rotatable bonds is 6. The fraction of sp³-hybridized carbons (Fsp3) is 1.00. The maximum atomic E-state index is 6.62. The fourth-order valence-corrected chi connectivity index (χ4v) is 3.93. The van der Waals surface area contributed by atoms with Crippen LogP contribution in [0, 0.1) is 5.92 Å². The molecule has 2 fully saturated rings. The lowest BCUT2D eigenvalue weighted by Crippen LogP contribution is -2.59. The van der Waals surface area contributed by atoms with Gasteiger partial charge in [-0.1, -0.05) is 33.1 Å². The molecule has 17 heavy (non-hydrogen) atoms. The highest BCUT2D eigenvalue weighted by molar-refractivity contribution is 5.00. The third kappa shape index (κ3) is 2.53. The topological polar surface area (TPSA) is 29.3 Å². The molecule has 100 valence electrons. The Morgan fingerprint density at radius 1 is 1.12 bits per heavy atom. The molecule has 2 nitrogen and oxygen atoms in total. The van der Waals surface area contributed by atoms with Gasteiger partial charge in [0.2, 0.25) is 0 Å². The van der Waals surface area contributed by atoms with Crippen LogP contribution in [-0.4, -0.2) is 29.6 Å². The number of nitrogens with two attached hydrogens (primary N) is 1. The smallest absolute Gasteiger partial charge is 0.0355 e. The predicted octanol–water partition coefficient (Wildman–Crippen LogP) is 3.16. The highest BCUT2D eigenvalue weighted by Crippen LogP contribution is 2.37. The van der Waals surface area contributed by atoms with Crippen molar-refractivity contribution in [3.05, 3.63) is 0 Å². The van der Waals surface area contributed by atoms with Gasteiger partial charge in [-0.05, 0) is 51.1 Å². The van der Waals surface area contributed by atoms with E-state index in [0.29, 0.717) is 11.6 Å². The summed E-state index contributed by atoms with van der Waals surface area (Å²) in [4.78, 5) is 2.70. The molecule has 0 amide bonds. The van der Waals surface area contributed by atoms with Crippen LogP contribution in [0.3, 0.4) is 0 Å². The van der Waals surface area contributed by atoms with E-state index in [4.69, 9.17) is 5.73 Å². The Morgan fingerprint density at radius 2 is 1.71 bits per heavy atom. The van der Waals surface area contributed by atoms with Gasteiger partial charge in [0.15, 0.2) is 0 Å². The fourth-order valence-electron chi connectivity index (χ4n) is 3.93. The van der Waals surface area contributed by atoms with E-state index in [-0.39, 0.29) is 0 Å². The van der Waals surface area contributed by atoms with E-state index in [2.05, 4.69) is 18.7 Å². The molecule has 2 heteroatoms. The summed E-state index contributed by atoms with van der Waals surface area (Å²) >= 11 is 0. The Labute approximate surface area is 107 Å². The van der Waals surface area contributed by atoms with Gasteiger partial charge in [-0.25, -0.2) is 0 Å². The molecule has 0 aromatic rings. The molecule has 0 aromatic heterocycles. The van der Waals surface area contributed by atoms with Crippen molar-refractivity contribution in [3.8, 4) is 0 Å². The minimum Gasteiger partial charge on any atom is -0.326 e. The van der Waals surface area contributed by atoms with Crippen LogP contribution in [0.1, 0.15) is 65.2 Å². The van der Waals surface area contributed by atoms with Crippen LogP contribution in [-0.2, 0) is 0 Å². The van der Waals surface area contributed by atoms with Gasteiger partial charge < -0.3 is 5.73 Å². The Bertz CT molecular complexity index is 225. The second-order valence-electron chi connectivity index (χ2n) is 6.14. The number of likely N-dealkylation sites (tertiary alicyclic amines) is 1. The SMILES string of the molecule is CCC(CC)(C(N)CC1CCC1)N1CCCC1. The van der Waals surface area contributed by atoms with Crippen molar-refractivity contribution in [2.45, 2.75) is 76.8 Å². The summed E-state index contributed by atoms with van der Waals surface area (Å²) in [6.45, 7) is 7.23. The van der Waals surface area contributed by atoms with E-state index in [9.17, 15) is 0 Å². The lowest BCUT2D eigenvalue weighted by molar-refractivity contribution is 0.0608. The molecule has 1 aliphatic heterocycles. The molecular formula is C15H30N2. The maximum Gasteiger partial charge on any atom is 0.0355 e. The average Bonchev–Trinajstić information content (AvgIpc) is 2.80. The molecule has 1 heterocycles. The van der Waals surface area contributed by atoms with Crippen LogP contribution in [0.4, 0.5) is 0 Å². The predicted molar refractivity (Wildman–Crippen MR) is 74.1 cm³/mol. The van der Waals surface area contributed by atoms with Gasteiger partial charge in [-0.15, -0.1) is 0 Å². The minimum absolute atomic E-state index is 0.298. The summed E-state index contributed by atoms with van der Waals surface area (Å²) < 4.78 is 0. The molecular weight excluding hydrogens is 208 g/mol. The van der Waals surface area contributed by atoms with Crippen molar-refractivity contribution < 1.29 is 0 Å². The molecule has 0 radical (unpaired) electrons. The molecule has 2 N–H and O–H groups in total. The van der Waals surface area contributed by atoms with Gasteiger partial charge in [0, 0.05) is 11.6 Å². The highest BCUT2D eigenvalue weighted by Gasteiger charge is 2.41. The second-order valence-corrected chi connectivity index (χ2v) is 6.14. The summed E-state index contributed by atoms with van der Waals surface area (Å²) in [5, 5.41) is 0. The molecule has 1 aliphatic carbocycles. The Balaban J connectivity index is 2.01.